The molecule has 2 rings (SSSR count). The Kier molecular flexibility index (Phi) is 8.18. The number of alkyl halides is 1. The lowest BCUT2D eigenvalue weighted by Crippen LogP contribution is -2.04. The Balaban J connectivity index is 1.95. The van der Waals surface area contributed by atoms with Crippen molar-refractivity contribution in [3.8, 4) is 11.5 Å². The van der Waals surface area contributed by atoms with Gasteiger partial charge in [-0.3, -0.25) is 0 Å². The van der Waals surface area contributed by atoms with Gasteiger partial charge >= 0.3 is 0 Å². The van der Waals surface area contributed by atoms with Gasteiger partial charge in [-0.05, 0) is 61.3 Å². The molecule has 2 aromatic carbocycles. The van der Waals surface area contributed by atoms with Gasteiger partial charge < -0.3 is 9.47 Å². The number of hydrogen-bond donors (Lipinski definition) is 0. The zero-order valence-electron chi connectivity index (χ0n) is 15.4. The first-order chi connectivity index (χ1) is 12.0. The van der Waals surface area contributed by atoms with Crippen molar-refractivity contribution in [2.45, 2.75) is 51.8 Å². The van der Waals surface area contributed by atoms with E-state index in [4.69, 9.17) is 32.7 Å². The minimum Gasteiger partial charge on any atom is -0.493 e. The summed E-state index contributed by atoms with van der Waals surface area (Å²) < 4.78 is 11.6. The third-order valence-corrected chi connectivity index (χ3v) is 5.00. The number of halogens is 2. The molecule has 0 aromatic heterocycles. The van der Waals surface area contributed by atoms with Gasteiger partial charge in [0.15, 0.2) is 0 Å². The maximum Gasteiger partial charge on any atom is 0.138 e. The minimum absolute atomic E-state index is 0.274. The molecule has 0 spiro atoms. The summed E-state index contributed by atoms with van der Waals surface area (Å²) in [5, 5.41) is 2.99. The third-order valence-electron chi connectivity index (χ3n) is 4.09. The minimum atomic E-state index is 0.274. The molecule has 2 aromatic rings. The predicted molar refractivity (Wildman–Crippen MR) is 109 cm³/mol. The Morgan fingerprint density at radius 3 is 2.56 bits per heavy atom. The van der Waals surface area contributed by atoms with Crippen LogP contribution in [0.3, 0.4) is 0 Å². The van der Waals surface area contributed by atoms with Crippen LogP contribution in [-0.4, -0.2) is 18.6 Å². The zero-order valence-corrected chi connectivity index (χ0v) is 16.9. The average Bonchev–Trinajstić information content (AvgIpc) is 2.61. The molecule has 0 heterocycles. The highest BCUT2D eigenvalue weighted by Gasteiger charge is 2.08. The van der Waals surface area contributed by atoms with Gasteiger partial charge in [0.05, 0.1) is 18.2 Å². The lowest BCUT2D eigenvalue weighted by atomic mass is 10.1. The molecule has 0 aliphatic carbocycles. The van der Waals surface area contributed by atoms with Crippen LogP contribution in [-0.2, 0) is 0 Å². The van der Waals surface area contributed by atoms with Crippen molar-refractivity contribution in [3.63, 3.8) is 0 Å². The molecule has 1 unspecified atom stereocenters. The smallest absolute Gasteiger partial charge is 0.138 e. The van der Waals surface area contributed by atoms with Crippen molar-refractivity contribution in [1.82, 2.24) is 0 Å². The van der Waals surface area contributed by atoms with Crippen LogP contribution in [0.1, 0.15) is 46.5 Å². The van der Waals surface area contributed by atoms with Crippen LogP contribution < -0.4 is 9.47 Å². The summed E-state index contributed by atoms with van der Waals surface area (Å²) in [6, 6.07) is 9.96. The molecule has 0 fully saturated rings. The van der Waals surface area contributed by atoms with Gasteiger partial charge in [0, 0.05) is 10.8 Å². The molecular formula is C21H28Cl2O2. The lowest BCUT2D eigenvalue weighted by Gasteiger charge is -2.13. The molecule has 0 radical (unpaired) electrons. The monoisotopic (exact) mass is 382 g/mol. The van der Waals surface area contributed by atoms with Crippen LogP contribution in [0.15, 0.2) is 30.3 Å². The summed E-state index contributed by atoms with van der Waals surface area (Å²) in [5.74, 6) is 2.11. The van der Waals surface area contributed by atoms with Gasteiger partial charge in [-0.1, -0.05) is 38.4 Å². The summed E-state index contributed by atoms with van der Waals surface area (Å²) in [4.78, 5) is 0. The standard InChI is InChI=1S/C21H28Cl2O2/c1-4-17(22)7-5-6-12-24-20-11-8-16-13-18(25-14-15(2)3)9-10-19(16)21(20)23/h8-11,13,15,17H,4-7,12,14H2,1-3H3. The first kappa shape index (κ1) is 20.2. The summed E-state index contributed by atoms with van der Waals surface area (Å²) in [5.41, 5.74) is 0. The number of fused-ring (bicyclic) bond motifs is 1. The van der Waals surface area contributed by atoms with E-state index < -0.39 is 0 Å². The van der Waals surface area contributed by atoms with E-state index in [-0.39, 0.29) is 5.38 Å². The van der Waals surface area contributed by atoms with Crippen LogP contribution >= 0.6 is 23.2 Å². The highest BCUT2D eigenvalue weighted by molar-refractivity contribution is 6.37. The quantitative estimate of drug-likeness (QED) is 0.322. The molecule has 0 bridgehead atoms. The van der Waals surface area contributed by atoms with Gasteiger partial charge in [-0.2, -0.15) is 0 Å². The first-order valence-electron chi connectivity index (χ1n) is 9.13. The number of hydrogen-bond acceptors (Lipinski definition) is 2. The highest BCUT2D eigenvalue weighted by atomic mass is 35.5. The normalized spacial score (nSPS) is 12.6. The largest absolute Gasteiger partial charge is 0.493 e. The summed E-state index contributed by atoms with van der Waals surface area (Å²) in [7, 11) is 0. The van der Waals surface area contributed by atoms with E-state index >= 15 is 0 Å². The molecule has 2 nitrogen and oxygen atoms in total. The van der Waals surface area contributed by atoms with Gasteiger partial charge in [0.1, 0.15) is 11.5 Å². The third kappa shape index (κ3) is 6.27. The Morgan fingerprint density at radius 1 is 1.04 bits per heavy atom. The van der Waals surface area contributed by atoms with Crippen LogP contribution in [0.5, 0.6) is 11.5 Å². The second-order valence-electron chi connectivity index (χ2n) is 6.82. The second-order valence-corrected chi connectivity index (χ2v) is 7.81. The van der Waals surface area contributed by atoms with E-state index in [0.717, 1.165) is 48.0 Å². The molecule has 138 valence electrons. The van der Waals surface area contributed by atoms with E-state index in [9.17, 15) is 0 Å². The molecule has 4 heteroatoms. The Labute approximate surface area is 161 Å². The van der Waals surface area contributed by atoms with Crippen molar-refractivity contribution in [3.05, 3.63) is 35.4 Å². The van der Waals surface area contributed by atoms with E-state index in [1.165, 1.54) is 0 Å². The fourth-order valence-corrected chi connectivity index (χ4v) is 3.01. The molecule has 0 N–H and O–H groups in total. The van der Waals surface area contributed by atoms with Crippen LogP contribution in [0, 0.1) is 5.92 Å². The summed E-state index contributed by atoms with van der Waals surface area (Å²) >= 11 is 12.7. The molecule has 0 aliphatic rings. The average molecular weight is 383 g/mol. The van der Waals surface area contributed by atoms with Gasteiger partial charge in [-0.25, -0.2) is 0 Å². The second kappa shape index (κ2) is 10.1. The summed E-state index contributed by atoms with van der Waals surface area (Å²) in [6.07, 6.45) is 4.11. The van der Waals surface area contributed by atoms with Crippen molar-refractivity contribution in [1.29, 1.82) is 0 Å². The van der Waals surface area contributed by atoms with Crippen molar-refractivity contribution >= 4 is 34.0 Å². The fourth-order valence-electron chi connectivity index (χ4n) is 2.57. The maximum absolute atomic E-state index is 6.52. The molecule has 25 heavy (non-hydrogen) atoms. The molecule has 1 atom stereocenters. The lowest BCUT2D eigenvalue weighted by molar-refractivity contribution is 0.271. The maximum atomic E-state index is 6.52. The molecule has 0 saturated heterocycles. The zero-order chi connectivity index (χ0) is 18.2. The SMILES string of the molecule is CCC(Cl)CCCCOc1ccc2cc(OCC(C)C)ccc2c1Cl. The molecule has 0 aliphatic heterocycles. The van der Waals surface area contributed by atoms with Crippen LogP contribution in [0.25, 0.3) is 10.8 Å². The van der Waals surface area contributed by atoms with Gasteiger partial charge in [0.2, 0.25) is 0 Å². The molecule has 0 amide bonds. The topological polar surface area (TPSA) is 18.5 Å². The van der Waals surface area contributed by atoms with Gasteiger partial charge in [0.25, 0.3) is 0 Å². The van der Waals surface area contributed by atoms with Crippen molar-refractivity contribution < 1.29 is 9.47 Å². The number of ether oxygens (including phenoxy) is 2. The van der Waals surface area contributed by atoms with Gasteiger partial charge in [-0.15, -0.1) is 11.6 Å². The van der Waals surface area contributed by atoms with E-state index in [0.29, 0.717) is 24.2 Å². The Hall–Kier alpha value is -1.12. The Morgan fingerprint density at radius 2 is 1.84 bits per heavy atom. The predicted octanol–water partition coefficient (Wildman–Crippen LogP) is 7.09. The van der Waals surface area contributed by atoms with Crippen molar-refractivity contribution in [2.24, 2.45) is 5.92 Å². The first-order valence-corrected chi connectivity index (χ1v) is 9.94. The van der Waals surface area contributed by atoms with Crippen LogP contribution in [0.2, 0.25) is 5.02 Å². The molecular weight excluding hydrogens is 355 g/mol. The number of rotatable bonds is 10. The summed E-state index contributed by atoms with van der Waals surface area (Å²) in [6.45, 7) is 7.76. The fraction of sp³-hybridized carbons (Fsp3) is 0.524. The Bertz CT molecular complexity index is 670. The van der Waals surface area contributed by atoms with E-state index in [2.05, 4.69) is 20.8 Å². The van der Waals surface area contributed by atoms with Crippen molar-refractivity contribution in [2.75, 3.05) is 13.2 Å². The molecule has 0 saturated carbocycles. The van der Waals surface area contributed by atoms with Crippen LogP contribution in [0.4, 0.5) is 0 Å². The number of benzene rings is 2. The number of unbranched alkanes of at least 4 members (excludes halogenated alkanes) is 1. The van der Waals surface area contributed by atoms with E-state index in [1.807, 2.05) is 30.3 Å². The highest BCUT2D eigenvalue weighted by Crippen LogP contribution is 2.34. The van der Waals surface area contributed by atoms with E-state index in [1.54, 1.807) is 0 Å².